The van der Waals surface area contributed by atoms with Gasteiger partial charge < -0.3 is 10.6 Å². The summed E-state index contributed by atoms with van der Waals surface area (Å²) in [6.45, 7) is 2.28. The van der Waals surface area contributed by atoms with Crippen LogP contribution >= 0.6 is 0 Å². The molecule has 2 N–H and O–H groups in total. The average Bonchev–Trinajstić information content (AvgIpc) is 3.41. The fourth-order valence-electron chi connectivity index (χ4n) is 6.20. The second-order valence-electron chi connectivity index (χ2n) is 11.1. The van der Waals surface area contributed by atoms with E-state index in [0.29, 0.717) is 17.5 Å². The van der Waals surface area contributed by atoms with Gasteiger partial charge >= 0.3 is 0 Å². The van der Waals surface area contributed by atoms with Gasteiger partial charge in [-0.25, -0.2) is 0 Å². The predicted octanol–water partition coefficient (Wildman–Crippen LogP) is 5.42. The number of benzene rings is 1. The molecule has 2 aromatic rings. The molecule has 3 saturated carbocycles. The molecule has 0 aliphatic heterocycles. The summed E-state index contributed by atoms with van der Waals surface area (Å²) in [6.07, 6.45) is 13.8. The molecule has 6 nitrogen and oxygen atoms in total. The molecule has 182 valence electrons. The highest BCUT2D eigenvalue weighted by molar-refractivity contribution is 6.00. The molecule has 1 aromatic carbocycles. The molecule has 1 unspecified atom stereocenters. The van der Waals surface area contributed by atoms with Crippen molar-refractivity contribution in [2.45, 2.75) is 83.1 Å². The lowest BCUT2D eigenvalue weighted by Crippen LogP contribution is -2.54. The summed E-state index contributed by atoms with van der Waals surface area (Å²) in [5.74, 6) is 0.943. The Kier molecular flexibility index (Phi) is 6.50. The number of aromatic nitrogens is 2. The Balaban J connectivity index is 1.35. The molecule has 6 heteroatoms. The molecule has 0 spiro atoms. The molecular weight excluding hydrogens is 424 g/mol. The van der Waals surface area contributed by atoms with Crippen molar-refractivity contribution in [2.24, 2.45) is 24.3 Å². The van der Waals surface area contributed by atoms with Gasteiger partial charge in [0.2, 0.25) is 5.91 Å². The Labute approximate surface area is 202 Å². The van der Waals surface area contributed by atoms with Crippen molar-refractivity contribution in [3.05, 3.63) is 47.8 Å². The van der Waals surface area contributed by atoms with E-state index in [1.807, 2.05) is 12.1 Å². The number of nitrogens with one attached hydrogen (secondary N) is 2. The molecule has 5 rings (SSSR count). The second kappa shape index (κ2) is 9.55. The monoisotopic (exact) mass is 462 g/mol. The van der Waals surface area contributed by atoms with Crippen molar-refractivity contribution in [3.63, 3.8) is 0 Å². The van der Waals surface area contributed by atoms with Crippen LogP contribution in [0.25, 0.3) is 0 Å². The van der Waals surface area contributed by atoms with Gasteiger partial charge in [0, 0.05) is 18.9 Å². The van der Waals surface area contributed by atoms with E-state index in [4.69, 9.17) is 0 Å². The molecule has 0 bridgehead atoms. The zero-order chi connectivity index (χ0) is 23.7. The van der Waals surface area contributed by atoms with E-state index in [1.54, 1.807) is 24.0 Å². The van der Waals surface area contributed by atoms with Gasteiger partial charge in [0.05, 0.1) is 0 Å². The van der Waals surface area contributed by atoms with Gasteiger partial charge in [0.1, 0.15) is 11.7 Å². The van der Waals surface area contributed by atoms with Gasteiger partial charge in [-0.15, -0.1) is 0 Å². The first-order chi connectivity index (χ1) is 16.4. The van der Waals surface area contributed by atoms with Gasteiger partial charge in [-0.05, 0) is 72.6 Å². The standard InChI is InChI=1S/C28H38N4O2/c1-28(16-17-28)24(21-9-6-10-21)25(31-26(33)23-15-18-29-32(23)2)27(34)30-22-13-11-20(12-14-22)19-7-4-3-5-8-19/h11-15,18-19,21,24-25H,3-10,16-17H2,1-2H3,(H,30,34)(H,31,33)/t24?,25-/m0/s1. The Morgan fingerprint density at radius 1 is 1.00 bits per heavy atom. The summed E-state index contributed by atoms with van der Waals surface area (Å²) in [4.78, 5) is 26.8. The zero-order valence-corrected chi connectivity index (χ0v) is 20.6. The van der Waals surface area contributed by atoms with Crippen molar-refractivity contribution < 1.29 is 9.59 Å². The molecule has 0 saturated heterocycles. The number of amides is 2. The van der Waals surface area contributed by atoms with Crippen molar-refractivity contribution in [1.82, 2.24) is 15.1 Å². The van der Waals surface area contributed by atoms with E-state index in [0.717, 1.165) is 31.4 Å². The van der Waals surface area contributed by atoms with Crippen LogP contribution in [0, 0.1) is 17.3 Å². The van der Waals surface area contributed by atoms with E-state index in [9.17, 15) is 9.59 Å². The minimum Gasteiger partial charge on any atom is -0.339 e. The fraction of sp³-hybridized carbons (Fsp3) is 0.607. The second-order valence-corrected chi connectivity index (χ2v) is 11.1. The third kappa shape index (κ3) is 4.77. The van der Waals surface area contributed by atoms with Gasteiger partial charge in [-0.3, -0.25) is 14.3 Å². The first-order valence-corrected chi connectivity index (χ1v) is 13.1. The van der Waals surface area contributed by atoms with Crippen LogP contribution in [0.4, 0.5) is 5.69 Å². The van der Waals surface area contributed by atoms with Crippen molar-refractivity contribution in [1.29, 1.82) is 0 Å². The van der Waals surface area contributed by atoms with Gasteiger partial charge in [0.15, 0.2) is 0 Å². The maximum atomic E-state index is 13.7. The van der Waals surface area contributed by atoms with Crippen LogP contribution in [-0.2, 0) is 11.8 Å². The third-order valence-electron chi connectivity index (χ3n) is 8.74. The number of nitrogens with zero attached hydrogens (tertiary/aromatic N) is 2. The fourth-order valence-corrected chi connectivity index (χ4v) is 6.20. The lowest BCUT2D eigenvalue weighted by Gasteiger charge is -2.42. The summed E-state index contributed by atoms with van der Waals surface area (Å²) in [7, 11) is 1.75. The number of anilines is 1. The van der Waals surface area contributed by atoms with Gasteiger partial charge in [-0.2, -0.15) is 5.10 Å². The average molecular weight is 463 g/mol. The van der Waals surface area contributed by atoms with Crippen LogP contribution in [0.1, 0.15) is 93.1 Å². The quantitative estimate of drug-likeness (QED) is 0.550. The Morgan fingerprint density at radius 2 is 1.71 bits per heavy atom. The highest BCUT2D eigenvalue weighted by atomic mass is 16.2. The SMILES string of the molecule is Cn1nccc1C(=O)N[C@H](C(=O)Nc1ccc(C2CCCCC2)cc1)C(C1CCC1)C1(C)CC1. The van der Waals surface area contributed by atoms with E-state index in [-0.39, 0.29) is 23.1 Å². The van der Waals surface area contributed by atoms with Crippen LogP contribution in [0.5, 0.6) is 0 Å². The van der Waals surface area contributed by atoms with Crippen LogP contribution in [-0.4, -0.2) is 27.6 Å². The predicted molar refractivity (Wildman–Crippen MR) is 134 cm³/mol. The lowest BCUT2D eigenvalue weighted by atomic mass is 9.66. The van der Waals surface area contributed by atoms with Crippen LogP contribution in [0.2, 0.25) is 0 Å². The lowest BCUT2D eigenvalue weighted by molar-refractivity contribution is -0.121. The van der Waals surface area contributed by atoms with Crippen LogP contribution in [0.15, 0.2) is 36.5 Å². The summed E-state index contributed by atoms with van der Waals surface area (Å²) in [5, 5.41) is 10.4. The number of carbonyl (C=O) groups excluding carboxylic acids is 2. The maximum absolute atomic E-state index is 13.7. The van der Waals surface area contributed by atoms with E-state index in [1.165, 1.54) is 44.1 Å². The summed E-state index contributed by atoms with van der Waals surface area (Å²) in [6, 6.07) is 9.53. The Morgan fingerprint density at radius 3 is 2.26 bits per heavy atom. The number of rotatable bonds is 8. The Bertz CT molecular complexity index is 1010. The summed E-state index contributed by atoms with van der Waals surface area (Å²) >= 11 is 0. The van der Waals surface area contributed by atoms with Gasteiger partial charge in [0.25, 0.3) is 5.91 Å². The number of aryl methyl sites for hydroxylation is 1. The first kappa shape index (κ1) is 23.1. The van der Waals surface area contributed by atoms with Crippen molar-refractivity contribution >= 4 is 17.5 Å². The first-order valence-electron chi connectivity index (χ1n) is 13.1. The van der Waals surface area contributed by atoms with E-state index in [2.05, 4.69) is 34.8 Å². The topological polar surface area (TPSA) is 76.0 Å². The van der Waals surface area contributed by atoms with Crippen LogP contribution < -0.4 is 10.6 Å². The molecule has 1 aromatic heterocycles. The van der Waals surface area contributed by atoms with Crippen molar-refractivity contribution in [2.75, 3.05) is 5.32 Å². The normalized spacial score (nSPS) is 21.8. The number of hydrogen-bond donors (Lipinski definition) is 2. The summed E-state index contributed by atoms with van der Waals surface area (Å²) in [5.41, 5.74) is 2.77. The van der Waals surface area contributed by atoms with Crippen molar-refractivity contribution in [3.8, 4) is 0 Å². The van der Waals surface area contributed by atoms with E-state index < -0.39 is 6.04 Å². The molecule has 3 aliphatic carbocycles. The molecule has 2 atom stereocenters. The molecular formula is C28H38N4O2. The van der Waals surface area contributed by atoms with E-state index >= 15 is 0 Å². The number of carbonyl (C=O) groups is 2. The third-order valence-corrected chi connectivity index (χ3v) is 8.74. The Hall–Kier alpha value is -2.63. The minimum atomic E-state index is -0.557. The molecule has 0 radical (unpaired) electrons. The summed E-state index contributed by atoms with van der Waals surface area (Å²) < 4.78 is 1.56. The maximum Gasteiger partial charge on any atom is 0.270 e. The van der Waals surface area contributed by atoms with Crippen LogP contribution in [0.3, 0.4) is 0 Å². The molecule has 2 amide bonds. The molecule has 3 fully saturated rings. The largest absolute Gasteiger partial charge is 0.339 e. The molecule has 3 aliphatic rings. The smallest absolute Gasteiger partial charge is 0.270 e. The highest BCUT2D eigenvalue weighted by Gasteiger charge is 2.54. The molecule has 34 heavy (non-hydrogen) atoms. The minimum absolute atomic E-state index is 0.106. The highest BCUT2D eigenvalue weighted by Crippen LogP contribution is 2.58. The number of hydrogen-bond acceptors (Lipinski definition) is 3. The zero-order valence-electron chi connectivity index (χ0n) is 20.6. The molecule has 1 heterocycles. The van der Waals surface area contributed by atoms with Gasteiger partial charge in [-0.1, -0.05) is 57.6 Å².